The van der Waals surface area contributed by atoms with Crippen molar-refractivity contribution in [1.82, 2.24) is 5.32 Å². The summed E-state index contributed by atoms with van der Waals surface area (Å²) in [6.45, 7) is 3.84. The lowest BCUT2D eigenvalue weighted by molar-refractivity contribution is -0.130. The Hall–Kier alpha value is -1.06. The molecule has 3 nitrogen and oxygen atoms in total. The van der Waals surface area contributed by atoms with Crippen molar-refractivity contribution in [3.05, 3.63) is 29.3 Å². The molecule has 0 amide bonds. The van der Waals surface area contributed by atoms with Crippen LogP contribution in [0.4, 0.5) is 0 Å². The molecule has 2 aliphatic rings. The number of rotatable bonds is 1. The molecule has 1 saturated heterocycles. The molecular weight excluding hydrogens is 214 g/mol. The first-order chi connectivity index (χ1) is 8.33. The molecule has 0 aliphatic carbocycles. The molecule has 1 fully saturated rings. The molecule has 3 heteroatoms. The van der Waals surface area contributed by atoms with Crippen molar-refractivity contribution in [1.29, 1.82) is 0 Å². The maximum atomic E-state index is 5.94. The van der Waals surface area contributed by atoms with E-state index in [-0.39, 0.29) is 6.29 Å². The highest BCUT2D eigenvalue weighted by Crippen LogP contribution is 2.29. The molecule has 2 aliphatic heterocycles. The van der Waals surface area contributed by atoms with Crippen LogP contribution in [0.3, 0.4) is 0 Å². The first kappa shape index (κ1) is 11.1. The Kier molecular flexibility index (Phi) is 3.04. The van der Waals surface area contributed by atoms with E-state index < -0.39 is 0 Å². The lowest BCUT2D eigenvalue weighted by Gasteiger charge is -2.34. The van der Waals surface area contributed by atoms with Crippen molar-refractivity contribution >= 4 is 0 Å². The maximum absolute atomic E-state index is 5.94. The first-order valence-corrected chi connectivity index (χ1v) is 6.44. The first-order valence-electron chi connectivity index (χ1n) is 6.44. The summed E-state index contributed by atoms with van der Waals surface area (Å²) < 4.78 is 11.8. The largest absolute Gasteiger partial charge is 0.463 e. The van der Waals surface area contributed by atoms with Gasteiger partial charge in [0.05, 0.1) is 12.6 Å². The summed E-state index contributed by atoms with van der Waals surface area (Å²) in [7, 11) is 0. The third kappa shape index (κ3) is 2.31. The van der Waals surface area contributed by atoms with Gasteiger partial charge in [-0.1, -0.05) is 24.1 Å². The number of benzene rings is 1. The topological polar surface area (TPSA) is 30.5 Å². The zero-order valence-corrected chi connectivity index (χ0v) is 10.2. The molecule has 2 atom stereocenters. The van der Waals surface area contributed by atoms with Crippen LogP contribution in [0.5, 0.6) is 5.75 Å². The summed E-state index contributed by atoms with van der Waals surface area (Å²) in [4.78, 5) is 0. The molecule has 0 saturated carbocycles. The Balaban J connectivity index is 1.73. The maximum Gasteiger partial charge on any atom is 0.215 e. The third-order valence-electron chi connectivity index (χ3n) is 3.54. The second-order valence-electron chi connectivity index (χ2n) is 4.96. The van der Waals surface area contributed by atoms with Gasteiger partial charge < -0.3 is 14.8 Å². The fraction of sp³-hybridized carbons (Fsp3) is 0.571. The molecule has 17 heavy (non-hydrogen) atoms. The molecule has 0 radical (unpaired) electrons. The molecular formula is C14H19NO2. The highest BCUT2D eigenvalue weighted by Gasteiger charge is 2.29. The average molecular weight is 233 g/mol. The Morgan fingerprint density at radius 3 is 3.06 bits per heavy atom. The molecule has 92 valence electrons. The van der Waals surface area contributed by atoms with Crippen LogP contribution in [0.15, 0.2) is 18.2 Å². The summed E-state index contributed by atoms with van der Waals surface area (Å²) in [6, 6.07) is 6.64. The molecule has 2 heterocycles. The van der Waals surface area contributed by atoms with Gasteiger partial charge in [-0.2, -0.15) is 0 Å². The fourth-order valence-corrected chi connectivity index (χ4v) is 2.58. The van der Waals surface area contributed by atoms with Gasteiger partial charge in [-0.3, -0.25) is 0 Å². The van der Waals surface area contributed by atoms with Crippen molar-refractivity contribution in [2.24, 2.45) is 0 Å². The SMILES string of the molecule is Cc1ccc2c(c1)COC(C1CCCCN1)O2. The van der Waals surface area contributed by atoms with E-state index in [0.29, 0.717) is 12.6 Å². The number of hydrogen-bond donors (Lipinski definition) is 1. The highest BCUT2D eigenvalue weighted by atomic mass is 16.7. The molecule has 0 bridgehead atoms. The van der Waals surface area contributed by atoms with Gasteiger partial charge in [0.25, 0.3) is 0 Å². The van der Waals surface area contributed by atoms with Gasteiger partial charge in [0, 0.05) is 5.56 Å². The Morgan fingerprint density at radius 2 is 2.24 bits per heavy atom. The van der Waals surface area contributed by atoms with E-state index >= 15 is 0 Å². The van der Waals surface area contributed by atoms with Crippen LogP contribution in [0.1, 0.15) is 30.4 Å². The number of ether oxygens (including phenoxy) is 2. The summed E-state index contributed by atoms with van der Waals surface area (Å²) in [6.07, 6.45) is 3.55. The van der Waals surface area contributed by atoms with E-state index in [9.17, 15) is 0 Å². The quantitative estimate of drug-likeness (QED) is 0.807. The Morgan fingerprint density at radius 1 is 1.29 bits per heavy atom. The van der Waals surface area contributed by atoms with Crippen LogP contribution in [0, 0.1) is 6.92 Å². The zero-order chi connectivity index (χ0) is 11.7. The molecule has 0 aromatic heterocycles. The summed E-state index contributed by atoms with van der Waals surface area (Å²) in [5.41, 5.74) is 2.42. The minimum atomic E-state index is -0.120. The molecule has 0 spiro atoms. The third-order valence-corrected chi connectivity index (χ3v) is 3.54. The van der Waals surface area contributed by atoms with Gasteiger partial charge in [-0.05, 0) is 32.4 Å². The van der Waals surface area contributed by atoms with Gasteiger partial charge in [0.15, 0.2) is 0 Å². The van der Waals surface area contributed by atoms with Crippen molar-refractivity contribution in [3.8, 4) is 5.75 Å². The van der Waals surface area contributed by atoms with Crippen LogP contribution in [0.25, 0.3) is 0 Å². The second kappa shape index (κ2) is 4.67. The predicted molar refractivity (Wildman–Crippen MR) is 66.0 cm³/mol. The van der Waals surface area contributed by atoms with E-state index in [2.05, 4.69) is 30.4 Å². The van der Waals surface area contributed by atoms with Gasteiger partial charge in [-0.25, -0.2) is 0 Å². The monoisotopic (exact) mass is 233 g/mol. The zero-order valence-electron chi connectivity index (χ0n) is 10.2. The van der Waals surface area contributed by atoms with E-state index in [1.165, 1.54) is 18.4 Å². The van der Waals surface area contributed by atoms with E-state index in [4.69, 9.17) is 9.47 Å². The average Bonchev–Trinajstić information content (AvgIpc) is 2.39. The molecule has 1 aromatic rings. The van der Waals surface area contributed by atoms with Crippen LogP contribution < -0.4 is 10.1 Å². The molecule has 3 rings (SSSR count). The number of fused-ring (bicyclic) bond motifs is 1. The van der Waals surface area contributed by atoms with E-state index in [1.54, 1.807) is 0 Å². The lowest BCUT2D eigenvalue weighted by atomic mass is 10.0. The summed E-state index contributed by atoms with van der Waals surface area (Å²) in [5, 5.41) is 3.48. The molecule has 2 unspecified atom stereocenters. The molecule has 1 N–H and O–H groups in total. The second-order valence-corrected chi connectivity index (χ2v) is 4.96. The number of piperidine rings is 1. The standard InChI is InChI=1S/C14H19NO2/c1-10-5-6-13-11(8-10)9-16-14(17-13)12-4-2-3-7-15-12/h5-6,8,12,14-15H,2-4,7,9H2,1H3. The minimum Gasteiger partial charge on any atom is -0.463 e. The Bertz CT molecular complexity index is 399. The fourth-order valence-electron chi connectivity index (χ4n) is 2.58. The minimum absolute atomic E-state index is 0.120. The smallest absolute Gasteiger partial charge is 0.215 e. The highest BCUT2D eigenvalue weighted by molar-refractivity contribution is 5.37. The van der Waals surface area contributed by atoms with Crippen LogP contribution in [-0.2, 0) is 11.3 Å². The lowest BCUT2D eigenvalue weighted by Crippen LogP contribution is -2.48. The van der Waals surface area contributed by atoms with E-state index in [0.717, 1.165) is 24.3 Å². The number of aryl methyl sites for hydroxylation is 1. The van der Waals surface area contributed by atoms with Gasteiger partial charge in [0.1, 0.15) is 5.75 Å². The predicted octanol–water partition coefficient (Wildman–Crippen LogP) is 2.37. The summed E-state index contributed by atoms with van der Waals surface area (Å²) in [5.74, 6) is 0.985. The normalized spacial score (nSPS) is 28.3. The van der Waals surface area contributed by atoms with Crippen molar-refractivity contribution < 1.29 is 9.47 Å². The van der Waals surface area contributed by atoms with Crippen molar-refractivity contribution in [2.75, 3.05) is 6.54 Å². The van der Waals surface area contributed by atoms with Crippen molar-refractivity contribution in [3.63, 3.8) is 0 Å². The van der Waals surface area contributed by atoms with Gasteiger partial charge >= 0.3 is 0 Å². The number of hydrogen-bond acceptors (Lipinski definition) is 3. The van der Waals surface area contributed by atoms with Gasteiger partial charge in [-0.15, -0.1) is 0 Å². The number of nitrogens with one attached hydrogen (secondary N) is 1. The van der Waals surface area contributed by atoms with Crippen molar-refractivity contribution in [2.45, 2.75) is 45.1 Å². The Labute approximate surface area is 102 Å². The van der Waals surface area contributed by atoms with Gasteiger partial charge in [0.2, 0.25) is 6.29 Å². The van der Waals surface area contributed by atoms with E-state index in [1.807, 2.05) is 0 Å². The van der Waals surface area contributed by atoms with Crippen LogP contribution in [-0.4, -0.2) is 18.9 Å². The molecule has 1 aromatic carbocycles. The van der Waals surface area contributed by atoms with Crippen LogP contribution in [0.2, 0.25) is 0 Å². The van der Waals surface area contributed by atoms with Crippen LogP contribution >= 0.6 is 0 Å². The summed E-state index contributed by atoms with van der Waals surface area (Å²) >= 11 is 0.